The van der Waals surface area contributed by atoms with Gasteiger partial charge in [-0.15, -0.1) is 0 Å². The van der Waals surface area contributed by atoms with Crippen molar-refractivity contribution in [1.29, 1.82) is 0 Å². The fraction of sp³-hybridized carbons (Fsp3) is 0.167. The van der Waals surface area contributed by atoms with Crippen LogP contribution in [-0.2, 0) is 6.42 Å². The van der Waals surface area contributed by atoms with E-state index in [4.69, 9.17) is 5.73 Å². The van der Waals surface area contributed by atoms with Crippen molar-refractivity contribution in [2.45, 2.75) is 19.3 Å². The minimum Gasteiger partial charge on any atom is -0.399 e. The van der Waals surface area contributed by atoms with E-state index in [0.717, 1.165) is 25.0 Å². The lowest BCUT2D eigenvalue weighted by Crippen LogP contribution is -2.05. The zero-order chi connectivity index (χ0) is 13.1. The van der Waals surface area contributed by atoms with Crippen molar-refractivity contribution >= 4 is 10.8 Å². The molecule has 2 N–H and O–H groups in total. The smallest absolute Gasteiger partial charge is 0.0305 e. The Bertz CT molecular complexity index is 644. The molecule has 1 radical (unpaired) electrons. The number of rotatable bonds is 3. The van der Waals surface area contributed by atoms with E-state index in [1.165, 1.54) is 21.9 Å². The molecule has 0 aliphatic heterocycles. The van der Waals surface area contributed by atoms with Crippen LogP contribution in [0.4, 0.5) is 0 Å². The number of aryl methyl sites for hydroxylation is 1. The maximum atomic E-state index is 6.02. The molecule has 0 atom stereocenters. The van der Waals surface area contributed by atoms with Gasteiger partial charge in [-0.05, 0) is 53.7 Å². The minimum atomic E-state index is 0.923. The lowest BCUT2D eigenvalue weighted by molar-refractivity contribution is 0.915. The van der Waals surface area contributed by atoms with Crippen LogP contribution in [-0.4, -0.2) is 0 Å². The third-order valence-electron chi connectivity index (χ3n) is 3.71. The van der Waals surface area contributed by atoms with Crippen molar-refractivity contribution in [3.8, 4) is 0 Å². The molecular weight excluding hydrogens is 230 g/mol. The summed E-state index contributed by atoms with van der Waals surface area (Å²) in [5.74, 6) is 0. The summed E-state index contributed by atoms with van der Waals surface area (Å²) < 4.78 is 0. The van der Waals surface area contributed by atoms with E-state index in [9.17, 15) is 0 Å². The van der Waals surface area contributed by atoms with Crippen LogP contribution in [0.15, 0.2) is 65.9 Å². The highest BCUT2D eigenvalue weighted by molar-refractivity contribution is 5.85. The largest absolute Gasteiger partial charge is 0.399 e. The van der Waals surface area contributed by atoms with Gasteiger partial charge in [-0.2, -0.15) is 0 Å². The molecule has 0 unspecified atom stereocenters. The van der Waals surface area contributed by atoms with Crippen molar-refractivity contribution in [3.63, 3.8) is 0 Å². The second kappa shape index (κ2) is 5.31. The third kappa shape index (κ3) is 2.55. The topological polar surface area (TPSA) is 26.0 Å². The van der Waals surface area contributed by atoms with Gasteiger partial charge in [0.1, 0.15) is 0 Å². The maximum absolute atomic E-state index is 6.02. The normalized spacial score (nSPS) is 15.2. The summed E-state index contributed by atoms with van der Waals surface area (Å²) in [5, 5.41) is 2.67. The second-order valence-electron chi connectivity index (χ2n) is 4.96. The Morgan fingerprint density at radius 2 is 1.79 bits per heavy atom. The average Bonchev–Trinajstić information content (AvgIpc) is 2.46. The van der Waals surface area contributed by atoms with Crippen molar-refractivity contribution in [3.05, 3.63) is 77.9 Å². The highest BCUT2D eigenvalue weighted by Gasteiger charge is 2.07. The molecule has 0 saturated carbocycles. The zero-order valence-corrected chi connectivity index (χ0v) is 11.0. The number of hydrogen-bond acceptors (Lipinski definition) is 1. The van der Waals surface area contributed by atoms with Gasteiger partial charge in [-0.25, -0.2) is 0 Å². The Labute approximate surface area is 114 Å². The van der Waals surface area contributed by atoms with Crippen molar-refractivity contribution < 1.29 is 0 Å². The molecule has 19 heavy (non-hydrogen) atoms. The fourth-order valence-corrected chi connectivity index (χ4v) is 2.66. The van der Waals surface area contributed by atoms with Crippen molar-refractivity contribution in [1.82, 2.24) is 0 Å². The zero-order valence-electron chi connectivity index (χ0n) is 11.0. The molecule has 1 nitrogen and oxygen atoms in total. The van der Waals surface area contributed by atoms with Crippen LogP contribution in [0.25, 0.3) is 10.8 Å². The van der Waals surface area contributed by atoms with Gasteiger partial charge >= 0.3 is 0 Å². The Kier molecular flexibility index (Phi) is 3.37. The van der Waals surface area contributed by atoms with Crippen LogP contribution in [0.1, 0.15) is 18.4 Å². The standard InChI is InChI=1S/C18H18N/c19-18-11-4-2-7-16(18)13-12-15-9-5-8-14-6-1-3-10-17(14)15/h1,3-11H,2,12-13,19H2. The molecule has 0 aromatic heterocycles. The van der Waals surface area contributed by atoms with E-state index in [1.54, 1.807) is 0 Å². The summed E-state index contributed by atoms with van der Waals surface area (Å²) in [6.45, 7) is 0. The molecule has 95 valence electrons. The summed E-state index contributed by atoms with van der Waals surface area (Å²) in [4.78, 5) is 0. The van der Waals surface area contributed by atoms with Crippen LogP contribution < -0.4 is 5.73 Å². The van der Waals surface area contributed by atoms with Crippen molar-refractivity contribution in [2.24, 2.45) is 5.73 Å². The van der Waals surface area contributed by atoms with Crippen molar-refractivity contribution in [2.75, 3.05) is 0 Å². The molecule has 1 heteroatoms. The molecule has 0 heterocycles. The molecule has 1 aliphatic carbocycles. The average molecular weight is 248 g/mol. The van der Waals surface area contributed by atoms with E-state index in [-0.39, 0.29) is 0 Å². The molecule has 2 aromatic carbocycles. The molecule has 3 rings (SSSR count). The lowest BCUT2D eigenvalue weighted by Gasteiger charge is -2.13. The summed E-state index contributed by atoms with van der Waals surface area (Å²) >= 11 is 0. The Morgan fingerprint density at radius 1 is 0.947 bits per heavy atom. The highest BCUT2D eigenvalue weighted by atomic mass is 14.6. The van der Waals surface area contributed by atoms with Crippen LogP contribution in [0, 0.1) is 6.42 Å². The Hall–Kier alpha value is -2.02. The van der Waals surface area contributed by atoms with Crippen LogP contribution in [0.5, 0.6) is 0 Å². The number of nitrogens with two attached hydrogens (primary N) is 1. The summed E-state index contributed by atoms with van der Waals surface area (Å²) in [6.07, 6.45) is 9.44. The Balaban J connectivity index is 1.84. The molecule has 0 fully saturated rings. The number of fused-ring (bicyclic) bond motifs is 1. The summed E-state index contributed by atoms with van der Waals surface area (Å²) in [5.41, 5.74) is 9.63. The third-order valence-corrected chi connectivity index (χ3v) is 3.71. The minimum absolute atomic E-state index is 0.923. The van der Waals surface area contributed by atoms with E-state index in [1.807, 2.05) is 6.08 Å². The molecule has 1 aliphatic rings. The molecule has 0 amide bonds. The predicted octanol–water partition coefficient (Wildman–Crippen LogP) is 4.15. The molecule has 0 bridgehead atoms. The summed E-state index contributed by atoms with van der Waals surface area (Å²) in [7, 11) is 0. The van der Waals surface area contributed by atoms with Gasteiger partial charge in [0, 0.05) is 5.70 Å². The van der Waals surface area contributed by atoms with Crippen LogP contribution in [0.2, 0.25) is 0 Å². The molecular formula is C18H18N. The Morgan fingerprint density at radius 3 is 2.68 bits per heavy atom. The quantitative estimate of drug-likeness (QED) is 0.867. The van der Waals surface area contributed by atoms with E-state index in [0.29, 0.717) is 0 Å². The van der Waals surface area contributed by atoms with E-state index < -0.39 is 0 Å². The highest BCUT2D eigenvalue weighted by Crippen LogP contribution is 2.24. The first-order valence-electron chi connectivity index (χ1n) is 6.79. The van der Waals surface area contributed by atoms with Gasteiger partial charge in [-0.1, -0.05) is 48.5 Å². The maximum Gasteiger partial charge on any atom is 0.0305 e. The lowest BCUT2D eigenvalue weighted by atomic mass is 9.94. The van der Waals surface area contributed by atoms with Gasteiger partial charge in [-0.3, -0.25) is 0 Å². The number of allylic oxidation sites excluding steroid dienone is 3. The first-order chi connectivity index (χ1) is 9.34. The van der Waals surface area contributed by atoms with Crippen LogP contribution >= 0.6 is 0 Å². The second-order valence-corrected chi connectivity index (χ2v) is 4.96. The SMILES string of the molecule is NC1=C(CCc2cccc3ccccc23)[CH]CC=C1. The molecule has 2 aromatic rings. The van der Waals surface area contributed by atoms with Gasteiger partial charge in [0.25, 0.3) is 0 Å². The van der Waals surface area contributed by atoms with E-state index in [2.05, 4.69) is 55.0 Å². The van der Waals surface area contributed by atoms with Gasteiger partial charge < -0.3 is 5.73 Å². The van der Waals surface area contributed by atoms with Crippen LogP contribution in [0.3, 0.4) is 0 Å². The fourth-order valence-electron chi connectivity index (χ4n) is 2.66. The first kappa shape index (κ1) is 12.0. The number of hydrogen-bond donors (Lipinski definition) is 1. The molecule has 0 saturated heterocycles. The number of benzene rings is 2. The predicted molar refractivity (Wildman–Crippen MR) is 81.5 cm³/mol. The van der Waals surface area contributed by atoms with Gasteiger partial charge in [0.2, 0.25) is 0 Å². The summed E-state index contributed by atoms with van der Waals surface area (Å²) in [6, 6.07) is 15.1. The molecule has 0 spiro atoms. The first-order valence-corrected chi connectivity index (χ1v) is 6.79. The monoisotopic (exact) mass is 248 g/mol. The van der Waals surface area contributed by atoms with E-state index >= 15 is 0 Å². The van der Waals surface area contributed by atoms with Gasteiger partial charge in [0.05, 0.1) is 0 Å². The van der Waals surface area contributed by atoms with Gasteiger partial charge in [0.15, 0.2) is 0 Å².